The van der Waals surface area contributed by atoms with Crippen LogP contribution < -0.4 is 5.32 Å². The summed E-state index contributed by atoms with van der Waals surface area (Å²) in [7, 11) is 0. The Morgan fingerprint density at radius 1 is 1.23 bits per heavy atom. The Labute approximate surface area is 181 Å². The van der Waals surface area contributed by atoms with Gasteiger partial charge in [0, 0.05) is 12.1 Å². The van der Waals surface area contributed by atoms with Crippen LogP contribution in [0, 0.1) is 22.6 Å². The molecule has 0 radical (unpaired) electrons. The number of benzene rings is 1. The molecule has 3 fully saturated rings. The molecule has 1 aromatic heterocycles. The molecule has 1 amide bonds. The van der Waals surface area contributed by atoms with E-state index in [-0.39, 0.29) is 28.6 Å². The van der Waals surface area contributed by atoms with Gasteiger partial charge in [0.2, 0.25) is 5.91 Å². The highest BCUT2D eigenvalue weighted by atomic mass is 32.2. The normalized spacial score (nSPS) is 29.3. The number of hydrogen-bond donors (Lipinski definition) is 1. The van der Waals surface area contributed by atoms with Crippen LogP contribution in [0.1, 0.15) is 58.9 Å². The summed E-state index contributed by atoms with van der Waals surface area (Å²) in [6, 6.07) is 7.20. The van der Waals surface area contributed by atoms with E-state index in [1.807, 2.05) is 10.6 Å². The second-order valence-electron chi connectivity index (χ2n) is 9.91. The van der Waals surface area contributed by atoms with Crippen molar-refractivity contribution in [2.24, 2.45) is 16.7 Å². The summed E-state index contributed by atoms with van der Waals surface area (Å²) >= 11 is 1.40. The van der Waals surface area contributed by atoms with Gasteiger partial charge in [-0.1, -0.05) is 44.7 Å². The minimum Gasteiger partial charge on any atom is -0.352 e. The van der Waals surface area contributed by atoms with Gasteiger partial charge in [-0.25, -0.2) is 4.39 Å². The van der Waals surface area contributed by atoms with Crippen molar-refractivity contribution in [2.45, 2.75) is 70.1 Å². The zero-order valence-electron chi connectivity index (χ0n) is 17.8. The summed E-state index contributed by atoms with van der Waals surface area (Å²) in [5.74, 6) is 1.31. The van der Waals surface area contributed by atoms with Gasteiger partial charge in [0.05, 0.1) is 11.3 Å². The van der Waals surface area contributed by atoms with Crippen LogP contribution in [0.2, 0.25) is 0 Å². The molecule has 0 saturated heterocycles. The van der Waals surface area contributed by atoms with Crippen LogP contribution in [0.4, 0.5) is 4.39 Å². The van der Waals surface area contributed by atoms with E-state index in [0.29, 0.717) is 34.3 Å². The lowest BCUT2D eigenvalue weighted by molar-refractivity contribution is -0.120. The maximum Gasteiger partial charge on any atom is 0.230 e. The van der Waals surface area contributed by atoms with E-state index in [2.05, 4.69) is 36.3 Å². The first kappa shape index (κ1) is 20.0. The highest BCUT2D eigenvalue weighted by Gasteiger charge is 2.61. The predicted molar refractivity (Wildman–Crippen MR) is 116 cm³/mol. The van der Waals surface area contributed by atoms with Gasteiger partial charge in [-0.2, -0.15) is 0 Å². The van der Waals surface area contributed by atoms with Crippen molar-refractivity contribution in [3.63, 3.8) is 0 Å². The van der Waals surface area contributed by atoms with Gasteiger partial charge < -0.3 is 5.32 Å². The number of carbonyl (C=O) groups is 1. The summed E-state index contributed by atoms with van der Waals surface area (Å²) in [6.45, 7) is 7.05. The van der Waals surface area contributed by atoms with Crippen molar-refractivity contribution in [3.05, 3.63) is 30.1 Å². The number of aromatic nitrogens is 3. The van der Waals surface area contributed by atoms with Crippen LogP contribution in [0.5, 0.6) is 0 Å². The lowest BCUT2D eigenvalue weighted by Gasteiger charge is -2.39. The molecule has 0 aliphatic heterocycles. The van der Waals surface area contributed by atoms with E-state index in [1.165, 1.54) is 30.7 Å². The highest BCUT2D eigenvalue weighted by molar-refractivity contribution is 7.99. The number of carbonyl (C=O) groups excluding carboxylic acids is 1. The Kier molecular flexibility index (Phi) is 4.73. The molecule has 1 heterocycles. The molecule has 2 aromatic rings. The topological polar surface area (TPSA) is 59.8 Å². The van der Waals surface area contributed by atoms with Gasteiger partial charge in [0.15, 0.2) is 11.0 Å². The van der Waals surface area contributed by atoms with Crippen molar-refractivity contribution >= 4 is 17.7 Å². The quantitative estimate of drug-likeness (QED) is 0.669. The number of nitrogens with one attached hydrogen (secondary N) is 1. The number of thioether (sulfide) groups is 1. The van der Waals surface area contributed by atoms with Gasteiger partial charge in [0.25, 0.3) is 0 Å². The molecular weight excluding hydrogens is 399 g/mol. The van der Waals surface area contributed by atoms with Gasteiger partial charge in [-0.15, -0.1) is 10.2 Å². The molecule has 7 heteroatoms. The van der Waals surface area contributed by atoms with E-state index >= 15 is 0 Å². The number of amides is 1. The van der Waals surface area contributed by atoms with Crippen molar-refractivity contribution in [2.75, 3.05) is 5.75 Å². The average molecular weight is 429 g/mol. The fourth-order valence-electron chi connectivity index (χ4n) is 5.65. The number of fused-ring (bicyclic) bond motifs is 2. The van der Waals surface area contributed by atoms with Crippen LogP contribution in [0.3, 0.4) is 0 Å². The van der Waals surface area contributed by atoms with E-state index in [9.17, 15) is 9.18 Å². The van der Waals surface area contributed by atoms with Crippen molar-refractivity contribution in [1.29, 1.82) is 0 Å². The van der Waals surface area contributed by atoms with Crippen LogP contribution in [0.15, 0.2) is 29.4 Å². The maximum absolute atomic E-state index is 14.3. The summed E-state index contributed by atoms with van der Waals surface area (Å²) in [5, 5.41) is 12.6. The van der Waals surface area contributed by atoms with Crippen molar-refractivity contribution < 1.29 is 9.18 Å². The molecule has 3 saturated carbocycles. The Balaban J connectivity index is 1.28. The molecule has 2 bridgehead atoms. The summed E-state index contributed by atoms with van der Waals surface area (Å²) in [4.78, 5) is 12.8. The number of halogens is 1. The first-order valence-corrected chi connectivity index (χ1v) is 11.9. The zero-order valence-corrected chi connectivity index (χ0v) is 18.6. The Morgan fingerprint density at radius 3 is 2.63 bits per heavy atom. The van der Waals surface area contributed by atoms with Crippen LogP contribution in [-0.2, 0) is 4.79 Å². The number of hydrogen-bond acceptors (Lipinski definition) is 4. The lowest BCUT2D eigenvalue weighted by Crippen LogP contribution is -2.47. The minimum absolute atomic E-state index is 0.0485. The fourth-order valence-corrected chi connectivity index (χ4v) is 6.47. The first-order valence-electron chi connectivity index (χ1n) is 10.9. The van der Waals surface area contributed by atoms with Gasteiger partial charge >= 0.3 is 0 Å². The third kappa shape index (κ3) is 3.08. The van der Waals surface area contributed by atoms with E-state index < -0.39 is 0 Å². The third-order valence-electron chi connectivity index (χ3n) is 8.15. The van der Waals surface area contributed by atoms with Gasteiger partial charge in [-0.05, 0) is 61.0 Å². The largest absolute Gasteiger partial charge is 0.352 e. The van der Waals surface area contributed by atoms with Crippen molar-refractivity contribution in [3.8, 4) is 11.4 Å². The molecule has 0 spiro atoms. The molecule has 3 atom stereocenters. The summed E-state index contributed by atoms with van der Waals surface area (Å²) in [6.07, 6.45) is 5.61. The highest BCUT2D eigenvalue weighted by Crippen LogP contribution is 2.65. The molecule has 3 unspecified atom stereocenters. The monoisotopic (exact) mass is 428 g/mol. The van der Waals surface area contributed by atoms with Gasteiger partial charge in [-0.3, -0.25) is 9.36 Å². The SMILES string of the molecule is CC1(C)C2CCC1(C)C(NC(=O)CSc1nnc(-c3ccccc3F)n1C1CC1)C2. The van der Waals surface area contributed by atoms with Gasteiger partial charge in [0.1, 0.15) is 5.82 Å². The molecular formula is C23H29FN4OS. The Morgan fingerprint density at radius 2 is 2.00 bits per heavy atom. The van der Waals surface area contributed by atoms with Crippen LogP contribution >= 0.6 is 11.8 Å². The Hall–Kier alpha value is -1.89. The lowest BCUT2D eigenvalue weighted by atomic mass is 9.69. The molecule has 3 aliphatic rings. The predicted octanol–water partition coefficient (Wildman–Crippen LogP) is 4.84. The molecule has 5 nitrogen and oxygen atoms in total. The van der Waals surface area contributed by atoms with Crippen LogP contribution in [-0.4, -0.2) is 32.5 Å². The Bertz CT molecular complexity index is 985. The molecule has 30 heavy (non-hydrogen) atoms. The maximum atomic E-state index is 14.3. The van der Waals surface area contributed by atoms with Crippen molar-refractivity contribution in [1.82, 2.24) is 20.1 Å². The van der Waals surface area contributed by atoms with E-state index in [1.54, 1.807) is 12.1 Å². The number of nitrogens with zero attached hydrogens (tertiary/aromatic N) is 3. The molecule has 3 aliphatic carbocycles. The van der Waals surface area contributed by atoms with E-state index in [0.717, 1.165) is 19.3 Å². The average Bonchev–Trinajstić information content (AvgIpc) is 3.38. The van der Waals surface area contributed by atoms with E-state index in [4.69, 9.17) is 0 Å². The summed E-state index contributed by atoms with van der Waals surface area (Å²) < 4.78 is 16.3. The fraction of sp³-hybridized carbons (Fsp3) is 0.609. The van der Waals surface area contributed by atoms with Crippen LogP contribution in [0.25, 0.3) is 11.4 Å². The zero-order chi connectivity index (χ0) is 21.1. The standard InChI is InChI=1S/C23H29FN4OS/c1-22(2)14-10-11-23(22,3)18(12-14)25-19(29)13-30-21-27-26-20(28(21)15-8-9-15)16-6-4-5-7-17(16)24/h4-7,14-15,18H,8-13H2,1-3H3,(H,25,29). The second kappa shape index (κ2) is 7.08. The smallest absolute Gasteiger partial charge is 0.230 e. The second-order valence-corrected chi connectivity index (χ2v) is 10.8. The molecule has 160 valence electrons. The molecule has 5 rings (SSSR count). The minimum atomic E-state index is -0.298. The summed E-state index contributed by atoms with van der Waals surface area (Å²) in [5.41, 5.74) is 0.911. The molecule has 1 N–H and O–H groups in total. The third-order valence-corrected chi connectivity index (χ3v) is 9.10. The number of rotatable bonds is 6. The molecule has 1 aromatic carbocycles. The first-order chi connectivity index (χ1) is 14.3.